The summed E-state index contributed by atoms with van der Waals surface area (Å²) >= 11 is 1.52. The van der Waals surface area contributed by atoms with Crippen molar-refractivity contribution in [2.24, 2.45) is 0 Å². The summed E-state index contributed by atoms with van der Waals surface area (Å²) in [6, 6.07) is 15.4. The van der Waals surface area contributed by atoms with Crippen molar-refractivity contribution in [3.63, 3.8) is 0 Å². The topological polar surface area (TPSA) is 103 Å². The molecule has 0 aliphatic heterocycles. The Hall–Kier alpha value is -4.18. The van der Waals surface area contributed by atoms with Crippen LogP contribution in [0.2, 0.25) is 0 Å². The maximum atomic E-state index is 13.4. The van der Waals surface area contributed by atoms with Crippen LogP contribution in [0.3, 0.4) is 0 Å². The van der Waals surface area contributed by atoms with Crippen molar-refractivity contribution >= 4 is 45.7 Å². The zero-order chi connectivity index (χ0) is 22.8. The van der Waals surface area contributed by atoms with Gasteiger partial charge in [0.05, 0.1) is 18.1 Å². The van der Waals surface area contributed by atoms with Gasteiger partial charge in [0.1, 0.15) is 5.70 Å². The van der Waals surface area contributed by atoms with Crippen LogP contribution in [-0.2, 0) is 4.79 Å². The smallest absolute Gasteiger partial charge is 0.274 e. The summed E-state index contributed by atoms with van der Waals surface area (Å²) in [6.07, 6.45) is 5.14. The standard InChI is InChI=1S/C23H20N8OS/c1-15(2)30-21-17(13-25-30)11-18(14-24-21)26-23(32)20(12-19-9-6-10-33-19)31-22(27-28-29-31)16-7-4-3-5-8-16/h3-15H,1-2H3,(H,26,32)/b20-12-. The molecular weight excluding hydrogens is 436 g/mol. The predicted octanol–water partition coefficient (Wildman–Crippen LogP) is 4.36. The molecule has 0 atom stereocenters. The van der Waals surface area contributed by atoms with Crippen molar-refractivity contribution in [2.75, 3.05) is 5.32 Å². The molecule has 0 saturated carbocycles. The minimum Gasteiger partial charge on any atom is -0.319 e. The number of anilines is 1. The van der Waals surface area contributed by atoms with Gasteiger partial charge in [-0.15, -0.1) is 16.4 Å². The highest BCUT2D eigenvalue weighted by Crippen LogP contribution is 2.24. The number of benzene rings is 1. The van der Waals surface area contributed by atoms with Gasteiger partial charge in [0, 0.05) is 21.9 Å². The van der Waals surface area contributed by atoms with Gasteiger partial charge in [-0.05, 0) is 47.9 Å². The number of nitrogens with one attached hydrogen (secondary N) is 1. The lowest BCUT2D eigenvalue weighted by atomic mass is 10.2. The molecule has 0 saturated heterocycles. The van der Waals surface area contributed by atoms with E-state index in [1.807, 2.05) is 72.4 Å². The first-order chi connectivity index (χ1) is 16.1. The Morgan fingerprint density at radius 3 is 2.73 bits per heavy atom. The Bertz CT molecular complexity index is 1430. The van der Waals surface area contributed by atoms with Gasteiger partial charge in [0.2, 0.25) is 0 Å². The molecule has 4 aromatic heterocycles. The molecule has 0 bridgehead atoms. The van der Waals surface area contributed by atoms with Crippen LogP contribution in [0.5, 0.6) is 0 Å². The number of carbonyl (C=O) groups excluding carboxylic acids is 1. The van der Waals surface area contributed by atoms with Crippen LogP contribution in [0, 0.1) is 0 Å². The summed E-state index contributed by atoms with van der Waals surface area (Å²) in [5.74, 6) is 0.116. The van der Waals surface area contributed by atoms with E-state index in [1.54, 1.807) is 18.5 Å². The van der Waals surface area contributed by atoms with Gasteiger partial charge in [0.25, 0.3) is 5.91 Å². The highest BCUT2D eigenvalue weighted by atomic mass is 32.1. The van der Waals surface area contributed by atoms with E-state index in [-0.39, 0.29) is 11.9 Å². The summed E-state index contributed by atoms with van der Waals surface area (Å²) in [6.45, 7) is 4.09. The van der Waals surface area contributed by atoms with Crippen LogP contribution in [0.4, 0.5) is 5.69 Å². The van der Waals surface area contributed by atoms with Crippen molar-refractivity contribution in [3.05, 3.63) is 71.2 Å². The molecule has 1 amide bonds. The van der Waals surface area contributed by atoms with Crippen LogP contribution in [-0.4, -0.2) is 40.9 Å². The first kappa shape index (κ1) is 20.7. The number of fused-ring (bicyclic) bond motifs is 1. The maximum absolute atomic E-state index is 13.4. The molecule has 33 heavy (non-hydrogen) atoms. The molecule has 164 valence electrons. The number of nitrogens with zero attached hydrogens (tertiary/aromatic N) is 7. The van der Waals surface area contributed by atoms with Gasteiger partial charge in [-0.2, -0.15) is 9.78 Å². The van der Waals surface area contributed by atoms with Crippen molar-refractivity contribution < 1.29 is 4.79 Å². The minimum atomic E-state index is -0.356. The molecule has 1 N–H and O–H groups in total. The van der Waals surface area contributed by atoms with E-state index in [0.29, 0.717) is 17.2 Å². The lowest BCUT2D eigenvalue weighted by Gasteiger charge is -2.11. The highest BCUT2D eigenvalue weighted by Gasteiger charge is 2.20. The fourth-order valence-electron chi connectivity index (χ4n) is 3.43. The van der Waals surface area contributed by atoms with Crippen molar-refractivity contribution in [3.8, 4) is 11.4 Å². The van der Waals surface area contributed by atoms with Gasteiger partial charge in [-0.3, -0.25) is 4.79 Å². The number of hydrogen-bond donors (Lipinski definition) is 1. The molecule has 5 rings (SSSR count). The third-order valence-corrected chi connectivity index (χ3v) is 5.78. The maximum Gasteiger partial charge on any atom is 0.274 e. The molecule has 0 radical (unpaired) electrons. The summed E-state index contributed by atoms with van der Waals surface area (Å²) in [7, 11) is 0. The molecule has 10 heteroatoms. The van der Waals surface area contributed by atoms with Crippen LogP contribution < -0.4 is 5.32 Å². The Morgan fingerprint density at radius 2 is 1.97 bits per heavy atom. The Balaban J connectivity index is 1.52. The lowest BCUT2D eigenvalue weighted by Crippen LogP contribution is -2.19. The minimum absolute atomic E-state index is 0.187. The first-order valence-electron chi connectivity index (χ1n) is 10.3. The summed E-state index contributed by atoms with van der Waals surface area (Å²) < 4.78 is 3.30. The Morgan fingerprint density at radius 1 is 1.12 bits per heavy atom. The fraction of sp³-hybridized carbons (Fsp3) is 0.130. The molecule has 0 aliphatic carbocycles. The number of pyridine rings is 1. The van der Waals surface area contributed by atoms with E-state index in [0.717, 1.165) is 21.5 Å². The third-order valence-electron chi connectivity index (χ3n) is 4.96. The van der Waals surface area contributed by atoms with Crippen molar-refractivity contribution in [1.29, 1.82) is 0 Å². The second-order valence-corrected chi connectivity index (χ2v) is 8.58. The molecule has 5 aromatic rings. The number of hydrogen-bond acceptors (Lipinski definition) is 7. The largest absolute Gasteiger partial charge is 0.319 e. The SMILES string of the molecule is CC(C)n1ncc2cc(NC(=O)/C(=C/c3cccs3)n3nnnc3-c3ccccc3)cnc21. The molecule has 0 fully saturated rings. The Kier molecular flexibility index (Phi) is 5.49. The van der Waals surface area contributed by atoms with Crippen LogP contribution in [0.25, 0.3) is 34.2 Å². The van der Waals surface area contributed by atoms with Gasteiger partial charge in [-0.25, -0.2) is 9.67 Å². The number of carbonyl (C=O) groups is 1. The van der Waals surface area contributed by atoms with Gasteiger partial charge in [-0.1, -0.05) is 36.4 Å². The zero-order valence-electron chi connectivity index (χ0n) is 18.0. The van der Waals surface area contributed by atoms with Crippen molar-refractivity contribution in [1.82, 2.24) is 35.0 Å². The molecule has 4 heterocycles. The first-order valence-corrected chi connectivity index (χ1v) is 11.2. The van der Waals surface area contributed by atoms with E-state index in [9.17, 15) is 4.79 Å². The number of aromatic nitrogens is 7. The third kappa shape index (κ3) is 4.15. The molecule has 9 nitrogen and oxygen atoms in total. The molecule has 0 aliphatic rings. The second-order valence-electron chi connectivity index (χ2n) is 7.60. The molecular formula is C23H20N8OS. The normalized spacial score (nSPS) is 11.9. The van der Waals surface area contributed by atoms with Crippen LogP contribution >= 0.6 is 11.3 Å². The average Bonchev–Trinajstić information content (AvgIpc) is 3.58. The number of tetrazole rings is 1. The number of amides is 1. The van der Waals surface area contributed by atoms with Crippen LogP contribution in [0.15, 0.2) is 66.3 Å². The van der Waals surface area contributed by atoms with E-state index in [1.165, 1.54) is 16.0 Å². The molecule has 1 aromatic carbocycles. The summed E-state index contributed by atoms with van der Waals surface area (Å²) in [5, 5.41) is 22.2. The monoisotopic (exact) mass is 456 g/mol. The Labute approximate surface area is 193 Å². The van der Waals surface area contributed by atoms with E-state index < -0.39 is 0 Å². The average molecular weight is 457 g/mol. The van der Waals surface area contributed by atoms with Gasteiger partial charge >= 0.3 is 0 Å². The highest BCUT2D eigenvalue weighted by molar-refractivity contribution is 7.10. The number of rotatable bonds is 6. The van der Waals surface area contributed by atoms with E-state index in [4.69, 9.17) is 0 Å². The summed E-state index contributed by atoms with van der Waals surface area (Å²) in [4.78, 5) is 18.8. The fourth-order valence-corrected chi connectivity index (χ4v) is 4.08. The van der Waals surface area contributed by atoms with E-state index in [2.05, 4.69) is 30.9 Å². The summed E-state index contributed by atoms with van der Waals surface area (Å²) in [5.41, 5.74) is 2.42. The van der Waals surface area contributed by atoms with Crippen LogP contribution in [0.1, 0.15) is 24.8 Å². The lowest BCUT2D eigenvalue weighted by molar-refractivity contribution is -0.111. The van der Waals surface area contributed by atoms with Gasteiger partial charge < -0.3 is 5.32 Å². The quantitative estimate of drug-likeness (QED) is 0.381. The second kappa shape index (κ2) is 8.75. The molecule has 0 spiro atoms. The number of thiophene rings is 1. The van der Waals surface area contributed by atoms with E-state index >= 15 is 0 Å². The van der Waals surface area contributed by atoms with Gasteiger partial charge in [0.15, 0.2) is 11.5 Å². The zero-order valence-corrected chi connectivity index (χ0v) is 18.8. The van der Waals surface area contributed by atoms with Crippen molar-refractivity contribution in [2.45, 2.75) is 19.9 Å². The molecule has 0 unspecified atom stereocenters. The predicted molar refractivity (Wildman–Crippen MR) is 128 cm³/mol.